The lowest BCUT2D eigenvalue weighted by atomic mass is 10.4. The Hall–Kier alpha value is -1.25. The van der Waals surface area contributed by atoms with Crippen molar-refractivity contribution in [3.63, 3.8) is 0 Å². The predicted molar refractivity (Wildman–Crippen MR) is 63.8 cm³/mol. The molecule has 0 fully saturated rings. The molecule has 2 heterocycles. The van der Waals surface area contributed by atoms with Crippen LogP contribution in [0.2, 0.25) is 0 Å². The molecular weight excluding hydrogens is 174 g/mol. The fourth-order valence-corrected chi connectivity index (χ4v) is 1.12. The molecule has 1 aliphatic heterocycles. The van der Waals surface area contributed by atoms with E-state index in [1.165, 1.54) is 5.69 Å². The number of rotatable bonds is 0. The van der Waals surface area contributed by atoms with Crippen molar-refractivity contribution in [2.75, 3.05) is 23.9 Å². The van der Waals surface area contributed by atoms with Crippen molar-refractivity contribution in [2.24, 2.45) is 0 Å². The van der Waals surface area contributed by atoms with Gasteiger partial charge in [0.15, 0.2) is 5.82 Å². The van der Waals surface area contributed by atoms with E-state index in [1.54, 1.807) is 6.20 Å². The molecule has 0 unspecified atom stereocenters. The number of pyridine rings is 1. The van der Waals surface area contributed by atoms with Crippen LogP contribution in [0, 0.1) is 0 Å². The Morgan fingerprint density at radius 2 is 1.93 bits per heavy atom. The molecule has 3 heteroatoms. The van der Waals surface area contributed by atoms with Gasteiger partial charge in [0.05, 0.1) is 12.4 Å². The van der Waals surface area contributed by atoms with Gasteiger partial charge >= 0.3 is 0 Å². The van der Waals surface area contributed by atoms with Crippen molar-refractivity contribution in [1.29, 1.82) is 0 Å². The lowest BCUT2D eigenvalue weighted by Crippen LogP contribution is -2.15. The fraction of sp³-hybridized carbons (Fsp3) is 0.545. The first-order valence-electron chi connectivity index (χ1n) is 5.28. The summed E-state index contributed by atoms with van der Waals surface area (Å²) in [5.74, 6) is 0.991. The van der Waals surface area contributed by atoms with Crippen LogP contribution in [0.3, 0.4) is 0 Å². The van der Waals surface area contributed by atoms with Crippen molar-refractivity contribution in [3.05, 3.63) is 18.3 Å². The van der Waals surface area contributed by atoms with Crippen LogP contribution in [0.25, 0.3) is 0 Å². The minimum atomic E-state index is 0.867. The highest BCUT2D eigenvalue weighted by molar-refractivity contribution is 5.69. The smallest absolute Gasteiger partial charge is 0.150 e. The molecule has 1 N–H and O–H groups in total. The summed E-state index contributed by atoms with van der Waals surface area (Å²) in [6.07, 6.45) is 1.80. The summed E-state index contributed by atoms with van der Waals surface area (Å²) in [4.78, 5) is 6.28. The number of nitrogens with zero attached hydrogens (tertiary/aromatic N) is 2. The molecule has 0 bridgehead atoms. The Labute approximate surface area is 87.2 Å². The molecule has 0 saturated heterocycles. The molecule has 1 aliphatic rings. The largest absolute Gasteiger partial charge is 0.354 e. The fourth-order valence-electron chi connectivity index (χ4n) is 1.12. The van der Waals surface area contributed by atoms with E-state index in [-0.39, 0.29) is 0 Å². The van der Waals surface area contributed by atoms with Gasteiger partial charge in [-0.05, 0) is 12.1 Å². The van der Waals surface area contributed by atoms with Gasteiger partial charge in [0.2, 0.25) is 0 Å². The highest BCUT2D eigenvalue weighted by Crippen LogP contribution is 2.25. The molecular formula is C11H21N3. The second-order valence-electron chi connectivity index (χ2n) is 2.40. The monoisotopic (exact) mass is 195 g/mol. The normalized spacial score (nSPS) is 11.4. The molecule has 14 heavy (non-hydrogen) atoms. The van der Waals surface area contributed by atoms with E-state index >= 15 is 0 Å². The molecule has 1 aromatic heterocycles. The lowest BCUT2D eigenvalue weighted by Gasteiger charge is -2.07. The molecule has 1 aromatic rings. The zero-order valence-corrected chi connectivity index (χ0v) is 9.83. The zero-order valence-electron chi connectivity index (χ0n) is 9.83. The summed E-state index contributed by atoms with van der Waals surface area (Å²) in [6, 6.07) is 4.00. The summed E-state index contributed by atoms with van der Waals surface area (Å²) in [7, 11) is 2.04. The van der Waals surface area contributed by atoms with E-state index in [1.807, 2.05) is 40.8 Å². The van der Waals surface area contributed by atoms with Gasteiger partial charge in [0, 0.05) is 13.2 Å². The first-order chi connectivity index (χ1) is 6.88. The van der Waals surface area contributed by atoms with Crippen LogP contribution in [0.5, 0.6) is 0 Å². The van der Waals surface area contributed by atoms with E-state index < -0.39 is 0 Å². The average Bonchev–Trinajstić information content (AvgIpc) is 2.67. The Kier molecular flexibility index (Phi) is 6.54. The first-order valence-corrected chi connectivity index (χ1v) is 5.28. The molecule has 0 saturated carbocycles. The molecule has 3 nitrogen and oxygen atoms in total. The number of aromatic nitrogens is 1. The number of anilines is 2. The Balaban J connectivity index is 0.000000379. The molecule has 80 valence electrons. The van der Waals surface area contributed by atoms with E-state index in [9.17, 15) is 0 Å². The maximum atomic E-state index is 4.16. The summed E-state index contributed by atoms with van der Waals surface area (Å²) >= 11 is 0. The first kappa shape index (κ1) is 12.8. The summed E-state index contributed by atoms with van der Waals surface area (Å²) in [5.41, 5.74) is 1.18. The zero-order chi connectivity index (χ0) is 11.0. The van der Waals surface area contributed by atoms with Crippen molar-refractivity contribution in [2.45, 2.75) is 27.7 Å². The van der Waals surface area contributed by atoms with Crippen molar-refractivity contribution < 1.29 is 0 Å². The quantitative estimate of drug-likeness (QED) is 0.690. The van der Waals surface area contributed by atoms with Crippen molar-refractivity contribution in [3.8, 4) is 0 Å². The van der Waals surface area contributed by atoms with Crippen LogP contribution in [-0.4, -0.2) is 18.7 Å². The van der Waals surface area contributed by atoms with Gasteiger partial charge in [0.25, 0.3) is 0 Å². The lowest BCUT2D eigenvalue weighted by molar-refractivity contribution is 1.03. The molecule has 0 radical (unpaired) electrons. The van der Waals surface area contributed by atoms with Crippen LogP contribution in [0.1, 0.15) is 27.7 Å². The van der Waals surface area contributed by atoms with Gasteiger partial charge in [-0.25, -0.2) is 4.98 Å². The predicted octanol–water partition coefficient (Wildman–Crippen LogP) is 2.95. The Morgan fingerprint density at radius 1 is 1.29 bits per heavy atom. The van der Waals surface area contributed by atoms with Gasteiger partial charge < -0.3 is 10.2 Å². The van der Waals surface area contributed by atoms with Gasteiger partial charge in [0.1, 0.15) is 0 Å². The van der Waals surface area contributed by atoms with E-state index in [4.69, 9.17) is 0 Å². The number of hydrogen-bond donors (Lipinski definition) is 1. The maximum Gasteiger partial charge on any atom is 0.150 e. The van der Waals surface area contributed by atoms with Crippen molar-refractivity contribution in [1.82, 2.24) is 4.98 Å². The molecule has 0 aliphatic carbocycles. The number of nitrogens with one attached hydrogen (secondary N) is 1. The van der Waals surface area contributed by atoms with Crippen LogP contribution >= 0.6 is 0 Å². The summed E-state index contributed by atoms with van der Waals surface area (Å²) in [6.45, 7) is 8.87. The Bertz CT molecular complexity index is 248. The molecule has 0 atom stereocenters. The SMILES string of the molecule is CC.CC.CN1CNc2ncccc21. The second-order valence-corrected chi connectivity index (χ2v) is 2.40. The van der Waals surface area contributed by atoms with Gasteiger partial charge in [-0.15, -0.1) is 0 Å². The van der Waals surface area contributed by atoms with Crippen LogP contribution in [0.15, 0.2) is 18.3 Å². The molecule has 2 rings (SSSR count). The van der Waals surface area contributed by atoms with Gasteiger partial charge in [-0.1, -0.05) is 27.7 Å². The minimum absolute atomic E-state index is 0.867. The minimum Gasteiger partial charge on any atom is -0.354 e. The van der Waals surface area contributed by atoms with E-state index in [0.717, 1.165) is 12.5 Å². The highest BCUT2D eigenvalue weighted by Gasteiger charge is 2.13. The van der Waals surface area contributed by atoms with E-state index in [2.05, 4.69) is 21.3 Å². The third kappa shape index (κ3) is 2.91. The molecule has 0 amide bonds. The standard InChI is InChI=1S/C7H9N3.2C2H6/c1-10-5-9-7-6(10)3-2-4-8-7;2*1-2/h2-4H,5H2,1H3,(H,8,9);2*1-2H3. The third-order valence-electron chi connectivity index (χ3n) is 1.68. The third-order valence-corrected chi connectivity index (χ3v) is 1.68. The highest BCUT2D eigenvalue weighted by atomic mass is 15.3. The van der Waals surface area contributed by atoms with Crippen LogP contribution < -0.4 is 10.2 Å². The number of fused-ring (bicyclic) bond motifs is 1. The second kappa shape index (κ2) is 7.18. The van der Waals surface area contributed by atoms with Crippen LogP contribution in [0.4, 0.5) is 11.5 Å². The summed E-state index contributed by atoms with van der Waals surface area (Å²) in [5, 5.41) is 3.16. The Morgan fingerprint density at radius 3 is 2.50 bits per heavy atom. The number of hydrogen-bond acceptors (Lipinski definition) is 3. The van der Waals surface area contributed by atoms with E-state index in [0.29, 0.717) is 0 Å². The average molecular weight is 195 g/mol. The molecule has 0 aromatic carbocycles. The van der Waals surface area contributed by atoms with Gasteiger partial charge in [-0.2, -0.15) is 0 Å². The summed E-state index contributed by atoms with van der Waals surface area (Å²) < 4.78 is 0. The van der Waals surface area contributed by atoms with Gasteiger partial charge in [-0.3, -0.25) is 0 Å². The topological polar surface area (TPSA) is 28.2 Å². The van der Waals surface area contributed by atoms with Crippen molar-refractivity contribution >= 4 is 11.5 Å². The van der Waals surface area contributed by atoms with Crippen LogP contribution in [-0.2, 0) is 0 Å². The molecule has 0 spiro atoms. The maximum absolute atomic E-state index is 4.16.